The van der Waals surface area contributed by atoms with Crippen LogP contribution in [0.1, 0.15) is 31.9 Å². The smallest absolute Gasteiger partial charge is 0.412 e. The van der Waals surface area contributed by atoms with E-state index in [1.165, 1.54) is 6.08 Å². The number of anilines is 1. The van der Waals surface area contributed by atoms with Gasteiger partial charge in [0.05, 0.1) is 5.69 Å². The minimum absolute atomic E-state index is 0.463. The summed E-state index contributed by atoms with van der Waals surface area (Å²) in [6.07, 6.45) is 0.909. The van der Waals surface area contributed by atoms with E-state index >= 15 is 0 Å². The largest absolute Gasteiger partial charge is 0.438 e. The molecule has 0 aromatic heterocycles. The van der Waals surface area contributed by atoms with Crippen LogP contribution in [0.4, 0.5) is 10.5 Å². The van der Waals surface area contributed by atoms with E-state index in [4.69, 9.17) is 10.5 Å². The van der Waals surface area contributed by atoms with Gasteiger partial charge in [0.15, 0.2) is 0 Å². The first kappa shape index (κ1) is 13.1. The summed E-state index contributed by atoms with van der Waals surface area (Å²) < 4.78 is 5.25. The number of allylic oxidation sites excluding steroid dienone is 1. The van der Waals surface area contributed by atoms with Crippen LogP contribution in [0.2, 0.25) is 0 Å². The van der Waals surface area contributed by atoms with E-state index < -0.39 is 17.6 Å². The summed E-state index contributed by atoms with van der Waals surface area (Å²) in [4.78, 5) is 22.3. The Hall–Kier alpha value is -2.30. The molecule has 19 heavy (non-hydrogen) atoms. The summed E-state index contributed by atoms with van der Waals surface area (Å²) in [5.74, 6) is -0.487. The van der Waals surface area contributed by atoms with Crippen molar-refractivity contribution in [3.8, 4) is 0 Å². The number of fused-ring (bicyclic) bond motifs is 1. The van der Waals surface area contributed by atoms with Crippen molar-refractivity contribution in [3.63, 3.8) is 0 Å². The van der Waals surface area contributed by atoms with Crippen LogP contribution in [0.15, 0.2) is 24.3 Å². The molecule has 0 fully saturated rings. The molecule has 1 aromatic carbocycles. The summed E-state index contributed by atoms with van der Waals surface area (Å²) >= 11 is 0. The number of amides is 2. The fraction of sp³-hybridized carbons (Fsp3) is 0.286. The predicted octanol–water partition coefficient (Wildman–Crippen LogP) is 2.37. The number of nitrogens with one attached hydrogen (secondary N) is 1. The molecule has 1 aliphatic rings. The quantitative estimate of drug-likeness (QED) is 0.801. The van der Waals surface area contributed by atoms with Gasteiger partial charge in [0.1, 0.15) is 5.60 Å². The fourth-order valence-electron chi connectivity index (χ4n) is 2.12. The van der Waals surface area contributed by atoms with Crippen molar-refractivity contribution >= 4 is 23.3 Å². The van der Waals surface area contributed by atoms with Crippen LogP contribution in [-0.4, -0.2) is 12.0 Å². The molecule has 0 bridgehead atoms. The van der Waals surface area contributed by atoms with Gasteiger partial charge in [-0.3, -0.25) is 10.1 Å². The highest BCUT2D eigenvalue weighted by Gasteiger charge is 2.33. The molecule has 2 rings (SSSR count). The van der Waals surface area contributed by atoms with Crippen LogP contribution in [0.25, 0.3) is 5.57 Å². The Bertz CT molecular complexity index is 588. The lowest BCUT2D eigenvalue weighted by Gasteiger charge is -2.32. The third-order valence-corrected chi connectivity index (χ3v) is 3.07. The monoisotopic (exact) mass is 260 g/mol. The number of hydrogen-bond donors (Lipinski definition) is 2. The Morgan fingerprint density at radius 3 is 2.74 bits per heavy atom. The summed E-state index contributed by atoms with van der Waals surface area (Å²) in [6, 6.07) is 5.52. The van der Waals surface area contributed by atoms with Gasteiger partial charge >= 0.3 is 6.09 Å². The number of ether oxygens (including phenoxy) is 1. The highest BCUT2D eigenvalue weighted by molar-refractivity contribution is 5.94. The maximum absolute atomic E-state index is 11.4. The van der Waals surface area contributed by atoms with Crippen molar-refractivity contribution in [1.82, 2.24) is 0 Å². The molecular weight excluding hydrogens is 244 g/mol. The molecule has 3 N–H and O–H groups in total. The van der Waals surface area contributed by atoms with Gasteiger partial charge in [0, 0.05) is 11.6 Å². The Morgan fingerprint density at radius 1 is 1.42 bits per heavy atom. The summed E-state index contributed by atoms with van der Waals surface area (Å²) in [5, 5.41) is 2.65. The summed E-state index contributed by atoms with van der Waals surface area (Å²) in [7, 11) is 0. The molecule has 0 atom stereocenters. The average molecular weight is 260 g/mol. The summed E-state index contributed by atoms with van der Waals surface area (Å²) in [5.41, 5.74) is 7.65. The van der Waals surface area contributed by atoms with E-state index in [0.717, 1.165) is 22.4 Å². The molecule has 2 amide bonds. The van der Waals surface area contributed by atoms with Crippen LogP contribution in [0.3, 0.4) is 0 Å². The number of cyclic esters (lactones) is 1. The standard InChI is InChI=1S/C14H16N2O3/c1-8(6-12(15)17)9-4-5-11-10(7-9)14(2,3)19-13(18)16-11/h4-7H,1-3H3,(H2,15,17)(H,16,18)/b8-6-. The van der Waals surface area contributed by atoms with Gasteiger partial charge in [-0.25, -0.2) is 4.79 Å². The van der Waals surface area contributed by atoms with Crippen molar-refractivity contribution in [3.05, 3.63) is 35.4 Å². The molecule has 5 nitrogen and oxygen atoms in total. The molecule has 1 heterocycles. The lowest BCUT2D eigenvalue weighted by Crippen LogP contribution is -2.34. The molecule has 1 aromatic rings. The first-order valence-electron chi connectivity index (χ1n) is 5.92. The summed E-state index contributed by atoms with van der Waals surface area (Å²) in [6.45, 7) is 5.45. The minimum atomic E-state index is -0.708. The van der Waals surface area contributed by atoms with Crippen molar-refractivity contribution in [2.45, 2.75) is 26.4 Å². The van der Waals surface area contributed by atoms with Gasteiger partial charge in [-0.15, -0.1) is 0 Å². The number of primary amides is 1. The van der Waals surface area contributed by atoms with Gasteiger partial charge < -0.3 is 10.5 Å². The first-order valence-corrected chi connectivity index (χ1v) is 5.92. The maximum Gasteiger partial charge on any atom is 0.412 e. The van der Waals surface area contributed by atoms with Gasteiger partial charge in [0.25, 0.3) is 0 Å². The van der Waals surface area contributed by atoms with Crippen molar-refractivity contribution in [2.24, 2.45) is 5.73 Å². The Kier molecular flexibility index (Phi) is 3.06. The molecule has 0 aliphatic carbocycles. The zero-order valence-electron chi connectivity index (χ0n) is 11.1. The molecule has 0 saturated carbocycles. The molecule has 5 heteroatoms. The zero-order valence-corrected chi connectivity index (χ0v) is 11.1. The number of nitrogens with two attached hydrogens (primary N) is 1. The van der Waals surface area contributed by atoms with E-state index in [1.807, 2.05) is 32.9 Å². The fourth-order valence-corrected chi connectivity index (χ4v) is 2.12. The van der Waals surface area contributed by atoms with Crippen LogP contribution >= 0.6 is 0 Å². The highest BCUT2D eigenvalue weighted by Crippen LogP contribution is 2.36. The number of carbonyl (C=O) groups excluding carboxylic acids is 2. The van der Waals surface area contributed by atoms with Gasteiger partial charge in [-0.05, 0) is 44.0 Å². The Morgan fingerprint density at radius 2 is 2.11 bits per heavy atom. The van der Waals surface area contributed by atoms with Crippen molar-refractivity contribution in [1.29, 1.82) is 0 Å². The molecule has 0 radical (unpaired) electrons. The third kappa shape index (κ3) is 2.59. The van der Waals surface area contributed by atoms with Gasteiger partial charge in [0.2, 0.25) is 5.91 Å². The Balaban J connectivity index is 2.49. The number of hydrogen-bond acceptors (Lipinski definition) is 3. The zero-order chi connectivity index (χ0) is 14.2. The Labute approximate surface area is 111 Å². The molecule has 1 aliphatic heterocycles. The average Bonchev–Trinajstić information content (AvgIpc) is 2.26. The SMILES string of the molecule is C/C(=C/C(N)=O)c1ccc2c(c1)C(C)(C)OC(=O)N2. The molecule has 0 spiro atoms. The highest BCUT2D eigenvalue weighted by atomic mass is 16.6. The van der Waals surface area contributed by atoms with E-state index in [2.05, 4.69) is 5.32 Å². The van der Waals surface area contributed by atoms with Crippen molar-refractivity contribution < 1.29 is 14.3 Å². The molecule has 0 saturated heterocycles. The van der Waals surface area contributed by atoms with Gasteiger partial charge in [-0.2, -0.15) is 0 Å². The topological polar surface area (TPSA) is 81.4 Å². The van der Waals surface area contributed by atoms with Gasteiger partial charge in [-0.1, -0.05) is 6.07 Å². The van der Waals surface area contributed by atoms with Crippen LogP contribution < -0.4 is 11.1 Å². The molecule has 0 unspecified atom stereocenters. The maximum atomic E-state index is 11.4. The van der Waals surface area contributed by atoms with E-state index in [-0.39, 0.29) is 0 Å². The van der Waals surface area contributed by atoms with E-state index in [9.17, 15) is 9.59 Å². The first-order chi connectivity index (χ1) is 8.79. The van der Waals surface area contributed by atoms with E-state index in [1.54, 1.807) is 6.07 Å². The third-order valence-electron chi connectivity index (χ3n) is 3.07. The second-order valence-electron chi connectivity index (χ2n) is 5.01. The molecular formula is C14H16N2O3. The lowest BCUT2D eigenvalue weighted by molar-refractivity contribution is -0.113. The number of benzene rings is 1. The number of carbonyl (C=O) groups is 2. The molecule has 100 valence electrons. The number of rotatable bonds is 2. The normalized spacial score (nSPS) is 17.2. The lowest BCUT2D eigenvalue weighted by atomic mass is 9.91. The van der Waals surface area contributed by atoms with Crippen molar-refractivity contribution in [2.75, 3.05) is 5.32 Å². The van der Waals surface area contributed by atoms with E-state index in [0.29, 0.717) is 0 Å². The minimum Gasteiger partial charge on any atom is -0.438 e. The van der Waals surface area contributed by atoms with Crippen LogP contribution in [0.5, 0.6) is 0 Å². The second kappa shape index (κ2) is 4.42. The van der Waals surface area contributed by atoms with Crippen LogP contribution in [-0.2, 0) is 15.1 Å². The van der Waals surface area contributed by atoms with Crippen LogP contribution in [0, 0.1) is 0 Å². The predicted molar refractivity (Wildman–Crippen MR) is 72.4 cm³/mol. The second-order valence-corrected chi connectivity index (χ2v) is 5.01.